The van der Waals surface area contributed by atoms with Crippen LogP contribution < -0.4 is 4.74 Å². The molecule has 0 fully saturated rings. The Morgan fingerprint density at radius 1 is 1.00 bits per heavy atom. The Hall–Kier alpha value is -2.52. The summed E-state index contributed by atoms with van der Waals surface area (Å²) < 4.78 is 8.11. The average molecular weight is 346 g/mol. The van der Waals surface area contributed by atoms with Gasteiger partial charge in [0.2, 0.25) is 0 Å². The molecule has 0 bridgehead atoms. The van der Waals surface area contributed by atoms with Crippen LogP contribution >= 0.6 is 0 Å². The molecule has 0 N–H and O–H groups in total. The molecule has 0 saturated heterocycles. The number of para-hydroxylation sites is 1. The number of hydrogen-bond donors (Lipinski definition) is 0. The van der Waals surface area contributed by atoms with Crippen LogP contribution in [0.1, 0.15) is 34.8 Å². The third-order valence-electron chi connectivity index (χ3n) is 5.26. The molecular weight excluding hydrogens is 320 g/mol. The maximum absolute atomic E-state index is 5.71. The Labute approximate surface area is 155 Å². The molecular formula is C23H26N2O. The molecule has 3 aromatic rings. The minimum atomic E-state index is 0.198. The molecule has 0 radical (unpaired) electrons. The zero-order chi connectivity index (χ0) is 17.9. The number of benzene rings is 2. The predicted octanol–water partition coefficient (Wildman–Crippen LogP) is 4.80. The van der Waals surface area contributed by atoms with Gasteiger partial charge in [0.05, 0.1) is 13.2 Å². The summed E-state index contributed by atoms with van der Waals surface area (Å²) in [6, 6.07) is 21.9. The number of hydrogen-bond acceptors (Lipinski definition) is 2. The number of aromatic nitrogens is 1. The highest BCUT2D eigenvalue weighted by molar-refractivity contribution is 5.41. The van der Waals surface area contributed by atoms with Crippen molar-refractivity contribution in [3.8, 4) is 5.75 Å². The molecule has 3 nitrogen and oxygen atoms in total. The van der Waals surface area contributed by atoms with Crippen molar-refractivity contribution in [3.63, 3.8) is 0 Å². The molecule has 1 aliphatic heterocycles. The van der Waals surface area contributed by atoms with E-state index in [0.29, 0.717) is 0 Å². The number of fused-ring (bicyclic) bond motifs is 1. The van der Waals surface area contributed by atoms with E-state index >= 15 is 0 Å². The molecule has 2 heterocycles. The summed E-state index contributed by atoms with van der Waals surface area (Å²) >= 11 is 0. The van der Waals surface area contributed by atoms with Crippen molar-refractivity contribution in [2.45, 2.75) is 32.5 Å². The highest BCUT2D eigenvalue weighted by Gasteiger charge is 2.29. The molecule has 1 unspecified atom stereocenters. The van der Waals surface area contributed by atoms with Crippen LogP contribution in [-0.4, -0.2) is 23.1 Å². The Kier molecular flexibility index (Phi) is 4.81. The number of rotatable bonds is 4. The Morgan fingerprint density at radius 2 is 1.88 bits per heavy atom. The van der Waals surface area contributed by atoms with Crippen molar-refractivity contribution in [1.82, 2.24) is 9.47 Å². The second-order valence-electron chi connectivity index (χ2n) is 7.08. The summed E-state index contributed by atoms with van der Waals surface area (Å²) in [5.41, 5.74) is 5.27. The van der Waals surface area contributed by atoms with Gasteiger partial charge in [0, 0.05) is 37.1 Å². The van der Waals surface area contributed by atoms with Gasteiger partial charge >= 0.3 is 0 Å². The largest absolute Gasteiger partial charge is 0.496 e. The van der Waals surface area contributed by atoms with Gasteiger partial charge < -0.3 is 9.30 Å². The Morgan fingerprint density at radius 3 is 2.73 bits per heavy atom. The van der Waals surface area contributed by atoms with E-state index in [9.17, 15) is 0 Å². The third-order valence-corrected chi connectivity index (χ3v) is 5.26. The monoisotopic (exact) mass is 346 g/mol. The summed E-state index contributed by atoms with van der Waals surface area (Å²) in [4.78, 5) is 2.59. The smallest absolute Gasteiger partial charge is 0.124 e. The molecule has 0 saturated carbocycles. The summed E-state index contributed by atoms with van der Waals surface area (Å²) in [7, 11) is 1.76. The molecule has 0 spiro atoms. The van der Waals surface area contributed by atoms with Gasteiger partial charge in [-0.15, -0.1) is 0 Å². The molecule has 4 rings (SSSR count). The lowest BCUT2D eigenvalue weighted by Crippen LogP contribution is -2.29. The van der Waals surface area contributed by atoms with Crippen molar-refractivity contribution < 1.29 is 4.74 Å². The van der Waals surface area contributed by atoms with Crippen molar-refractivity contribution in [3.05, 3.63) is 89.2 Å². The van der Waals surface area contributed by atoms with E-state index in [4.69, 9.17) is 4.74 Å². The van der Waals surface area contributed by atoms with E-state index in [-0.39, 0.29) is 6.04 Å². The lowest BCUT2D eigenvalue weighted by atomic mass is 9.99. The fourth-order valence-electron chi connectivity index (χ4n) is 4.10. The standard InChI is InChI=1S/C23H26N2O/c1-18-8-5-9-19(16-18)17-25-15-7-14-24-13-6-11-21(24)23(25)20-10-3-4-12-22(20)26-2/h3-6,8-13,16,23H,7,14-15,17H2,1-2H3. The van der Waals surface area contributed by atoms with Crippen LogP contribution in [0.25, 0.3) is 0 Å². The first-order valence-corrected chi connectivity index (χ1v) is 9.34. The van der Waals surface area contributed by atoms with Gasteiger partial charge in [0.1, 0.15) is 5.75 Å². The SMILES string of the molecule is COc1ccccc1C1c2cccn2CCCN1Cc1cccc(C)c1. The molecule has 0 amide bonds. The number of methoxy groups -OCH3 is 1. The number of ether oxygens (including phenoxy) is 1. The van der Waals surface area contributed by atoms with Crippen molar-refractivity contribution in [2.24, 2.45) is 0 Å². The molecule has 1 aromatic heterocycles. The molecule has 1 aliphatic rings. The van der Waals surface area contributed by atoms with E-state index in [1.807, 2.05) is 6.07 Å². The van der Waals surface area contributed by atoms with Crippen molar-refractivity contribution in [2.75, 3.05) is 13.7 Å². The quantitative estimate of drug-likeness (QED) is 0.675. The fourth-order valence-corrected chi connectivity index (χ4v) is 4.10. The summed E-state index contributed by atoms with van der Waals surface area (Å²) in [6.45, 7) is 5.24. The van der Waals surface area contributed by atoms with Gasteiger partial charge in [-0.1, -0.05) is 48.0 Å². The zero-order valence-corrected chi connectivity index (χ0v) is 15.6. The van der Waals surface area contributed by atoms with E-state index in [1.54, 1.807) is 7.11 Å². The minimum Gasteiger partial charge on any atom is -0.496 e. The average Bonchev–Trinajstić information content (AvgIpc) is 3.04. The second kappa shape index (κ2) is 7.38. The van der Waals surface area contributed by atoms with E-state index in [0.717, 1.165) is 31.8 Å². The van der Waals surface area contributed by atoms with E-state index in [2.05, 4.69) is 77.2 Å². The normalized spacial score (nSPS) is 17.5. The fraction of sp³-hybridized carbons (Fsp3) is 0.304. The number of aryl methyl sites for hydroxylation is 2. The van der Waals surface area contributed by atoms with Crippen LogP contribution in [0.5, 0.6) is 5.75 Å². The summed E-state index contributed by atoms with van der Waals surface area (Å²) in [5.74, 6) is 0.960. The van der Waals surface area contributed by atoms with Gasteiger partial charge in [-0.25, -0.2) is 0 Å². The number of nitrogens with zero attached hydrogens (tertiary/aromatic N) is 2. The first kappa shape index (κ1) is 16.9. The highest BCUT2D eigenvalue weighted by atomic mass is 16.5. The maximum Gasteiger partial charge on any atom is 0.124 e. The molecule has 0 aliphatic carbocycles. The Balaban J connectivity index is 1.78. The van der Waals surface area contributed by atoms with Gasteiger partial charge in [-0.3, -0.25) is 4.90 Å². The molecule has 26 heavy (non-hydrogen) atoms. The van der Waals surface area contributed by atoms with Crippen LogP contribution in [0.4, 0.5) is 0 Å². The summed E-state index contributed by atoms with van der Waals surface area (Å²) in [6.07, 6.45) is 3.35. The molecule has 1 atom stereocenters. The lowest BCUT2D eigenvalue weighted by molar-refractivity contribution is 0.216. The first-order chi connectivity index (χ1) is 12.8. The van der Waals surface area contributed by atoms with Crippen LogP contribution in [0, 0.1) is 6.92 Å². The minimum absolute atomic E-state index is 0.198. The summed E-state index contributed by atoms with van der Waals surface area (Å²) in [5, 5.41) is 0. The molecule has 2 aromatic carbocycles. The second-order valence-corrected chi connectivity index (χ2v) is 7.08. The first-order valence-electron chi connectivity index (χ1n) is 9.34. The van der Waals surface area contributed by atoms with E-state index in [1.165, 1.54) is 22.4 Å². The lowest BCUT2D eigenvalue weighted by Gasteiger charge is -2.31. The van der Waals surface area contributed by atoms with Crippen molar-refractivity contribution >= 4 is 0 Å². The predicted molar refractivity (Wildman–Crippen MR) is 105 cm³/mol. The van der Waals surface area contributed by atoms with Crippen LogP contribution in [-0.2, 0) is 13.1 Å². The van der Waals surface area contributed by atoms with Gasteiger partial charge in [-0.2, -0.15) is 0 Å². The maximum atomic E-state index is 5.71. The van der Waals surface area contributed by atoms with Crippen molar-refractivity contribution in [1.29, 1.82) is 0 Å². The van der Waals surface area contributed by atoms with Crippen LogP contribution in [0.3, 0.4) is 0 Å². The zero-order valence-electron chi connectivity index (χ0n) is 15.6. The van der Waals surface area contributed by atoms with Gasteiger partial charge in [0.15, 0.2) is 0 Å². The van der Waals surface area contributed by atoms with Crippen LogP contribution in [0.2, 0.25) is 0 Å². The van der Waals surface area contributed by atoms with Gasteiger partial charge in [-0.05, 0) is 37.1 Å². The van der Waals surface area contributed by atoms with Crippen LogP contribution in [0.15, 0.2) is 66.9 Å². The Bertz CT molecular complexity index is 883. The molecule has 3 heteroatoms. The molecule has 134 valence electrons. The highest BCUT2D eigenvalue weighted by Crippen LogP contribution is 2.37. The van der Waals surface area contributed by atoms with E-state index < -0.39 is 0 Å². The topological polar surface area (TPSA) is 17.4 Å². The third kappa shape index (κ3) is 3.27. The van der Waals surface area contributed by atoms with Gasteiger partial charge in [0.25, 0.3) is 0 Å².